The average molecular weight is 137 g/mol. The SMILES string of the molecule is N.OP(O)(O)(F)F. The van der Waals surface area contributed by atoms with Gasteiger partial charge in [-0.05, 0) is 0 Å². The van der Waals surface area contributed by atoms with Crippen LogP contribution in [-0.2, 0) is 0 Å². The van der Waals surface area contributed by atoms with Crippen molar-refractivity contribution in [2.75, 3.05) is 0 Å². The van der Waals surface area contributed by atoms with Gasteiger partial charge in [0.15, 0.2) is 0 Å². The van der Waals surface area contributed by atoms with Gasteiger partial charge in [-0.25, -0.2) is 0 Å². The number of hydrogen-bond acceptors (Lipinski definition) is 4. The molecule has 0 aromatic rings. The van der Waals surface area contributed by atoms with Gasteiger partial charge in [0.1, 0.15) is 0 Å². The van der Waals surface area contributed by atoms with Crippen LogP contribution < -0.4 is 6.15 Å². The minimum absolute atomic E-state index is 0. The second kappa shape index (κ2) is 1.57. The van der Waals surface area contributed by atoms with E-state index in [2.05, 4.69) is 0 Å². The van der Waals surface area contributed by atoms with E-state index in [0.29, 0.717) is 0 Å². The Morgan fingerprint density at radius 3 is 1.00 bits per heavy atom. The van der Waals surface area contributed by atoms with Crippen molar-refractivity contribution >= 4 is 7.91 Å². The molecule has 0 aliphatic rings. The monoisotopic (exact) mass is 137 g/mol. The van der Waals surface area contributed by atoms with Crippen LogP contribution in [0.15, 0.2) is 0 Å². The fourth-order valence-electron chi connectivity index (χ4n) is 0. The summed E-state index contributed by atoms with van der Waals surface area (Å²) in [5.41, 5.74) is 0. The first kappa shape index (κ1) is 10.2. The van der Waals surface area contributed by atoms with Crippen LogP contribution in [0.2, 0.25) is 0 Å². The molecule has 0 aliphatic carbocycles. The van der Waals surface area contributed by atoms with Crippen molar-refractivity contribution in [1.82, 2.24) is 6.15 Å². The van der Waals surface area contributed by atoms with Crippen molar-refractivity contribution in [2.24, 2.45) is 0 Å². The summed E-state index contributed by atoms with van der Waals surface area (Å²) < 4.78 is 21.0. The summed E-state index contributed by atoms with van der Waals surface area (Å²) in [6.07, 6.45) is 0. The normalized spacial score (nSPS) is 16.4. The van der Waals surface area contributed by atoms with E-state index in [-0.39, 0.29) is 6.15 Å². The summed E-state index contributed by atoms with van der Waals surface area (Å²) in [5.74, 6) is 0. The van der Waals surface area contributed by atoms with E-state index >= 15 is 0 Å². The fourth-order valence-corrected chi connectivity index (χ4v) is 0. The van der Waals surface area contributed by atoms with Crippen LogP contribution in [0.1, 0.15) is 0 Å². The molecule has 0 bridgehead atoms. The third-order valence-electron chi connectivity index (χ3n) is 0. The van der Waals surface area contributed by atoms with Crippen molar-refractivity contribution in [2.45, 2.75) is 0 Å². The zero-order valence-corrected chi connectivity index (χ0v) is 4.15. The van der Waals surface area contributed by atoms with Gasteiger partial charge >= 0.3 is 31.0 Å². The molecule has 0 saturated carbocycles. The Labute approximate surface area is 38.4 Å². The van der Waals surface area contributed by atoms with Crippen LogP contribution in [0.3, 0.4) is 0 Å². The standard InChI is InChI=1S/F2H3O3P.H3N/c1-6(2,3,4)5;/h3-5H;1H3. The molecular formula is H6F2NO3P. The second-order valence-corrected chi connectivity index (χ2v) is 2.36. The molecule has 0 aromatic carbocycles. The molecule has 0 aliphatic heterocycles. The second-order valence-electron chi connectivity index (χ2n) is 0.786. The molecule has 48 valence electrons. The Balaban J connectivity index is 0. The minimum atomic E-state index is -7.05. The topological polar surface area (TPSA) is 95.7 Å². The molecule has 6 N–H and O–H groups in total. The van der Waals surface area contributed by atoms with Gasteiger partial charge < -0.3 is 6.15 Å². The van der Waals surface area contributed by atoms with E-state index in [0.717, 1.165) is 0 Å². The summed E-state index contributed by atoms with van der Waals surface area (Å²) in [6, 6.07) is 0. The van der Waals surface area contributed by atoms with Gasteiger partial charge in [-0.3, -0.25) is 0 Å². The summed E-state index contributed by atoms with van der Waals surface area (Å²) in [7, 11) is -7.05. The zero-order valence-electron chi connectivity index (χ0n) is 3.25. The molecule has 0 fully saturated rings. The Morgan fingerprint density at radius 2 is 1.00 bits per heavy atom. The first-order valence-electron chi connectivity index (χ1n) is 0.938. The van der Waals surface area contributed by atoms with Crippen molar-refractivity contribution in [3.05, 3.63) is 0 Å². The first-order chi connectivity index (χ1) is 2.24. The van der Waals surface area contributed by atoms with Crippen LogP contribution in [0.25, 0.3) is 0 Å². The van der Waals surface area contributed by atoms with Crippen molar-refractivity contribution in [1.29, 1.82) is 0 Å². The summed E-state index contributed by atoms with van der Waals surface area (Å²) >= 11 is 0. The number of halogens is 2. The molecule has 0 amide bonds. The molecule has 4 nitrogen and oxygen atoms in total. The van der Waals surface area contributed by atoms with Crippen molar-refractivity contribution < 1.29 is 23.1 Å². The molecule has 0 aromatic heterocycles. The summed E-state index contributed by atoms with van der Waals surface area (Å²) in [6.45, 7) is 0. The molecule has 0 rings (SSSR count). The van der Waals surface area contributed by atoms with Gasteiger partial charge in [-0.2, -0.15) is 0 Å². The average Bonchev–Trinajstić information content (AvgIpc) is 0.650. The van der Waals surface area contributed by atoms with Gasteiger partial charge in [0, 0.05) is 0 Å². The fraction of sp³-hybridized carbons (Fsp3) is 0. The Bertz CT molecular complexity index is 46.1. The van der Waals surface area contributed by atoms with Crippen LogP contribution in [0, 0.1) is 0 Å². The molecule has 7 heavy (non-hydrogen) atoms. The van der Waals surface area contributed by atoms with E-state index in [1.54, 1.807) is 0 Å². The maximum absolute atomic E-state index is 10.5. The predicted octanol–water partition coefficient (Wildman–Crippen LogP) is 0.193. The third-order valence-corrected chi connectivity index (χ3v) is 0. The van der Waals surface area contributed by atoms with Crippen LogP contribution in [0.5, 0.6) is 0 Å². The molecule has 0 atom stereocenters. The summed E-state index contributed by atoms with van der Waals surface area (Å²) in [5, 5.41) is 0. The van der Waals surface area contributed by atoms with E-state index in [1.807, 2.05) is 0 Å². The van der Waals surface area contributed by atoms with E-state index in [4.69, 9.17) is 14.7 Å². The Morgan fingerprint density at radius 1 is 1.00 bits per heavy atom. The molecule has 0 spiro atoms. The first-order valence-corrected chi connectivity index (χ1v) is 2.81. The molecule has 7 heteroatoms. The Hall–Kier alpha value is 0.130. The van der Waals surface area contributed by atoms with E-state index in [1.165, 1.54) is 0 Å². The van der Waals surface area contributed by atoms with Crippen LogP contribution in [-0.4, -0.2) is 14.7 Å². The number of rotatable bonds is 0. The quantitative estimate of drug-likeness (QED) is 0.358. The van der Waals surface area contributed by atoms with Gasteiger partial charge in [-0.15, -0.1) is 0 Å². The van der Waals surface area contributed by atoms with Crippen LogP contribution in [0.4, 0.5) is 8.39 Å². The van der Waals surface area contributed by atoms with Gasteiger partial charge in [0.2, 0.25) is 0 Å². The van der Waals surface area contributed by atoms with E-state index < -0.39 is 7.91 Å². The van der Waals surface area contributed by atoms with Crippen LogP contribution >= 0.6 is 7.91 Å². The molecule has 0 heterocycles. The summed E-state index contributed by atoms with van der Waals surface area (Å²) in [4.78, 5) is 20.7. The third kappa shape index (κ3) is 6190. The predicted molar refractivity (Wildman–Crippen MR) is 20.8 cm³/mol. The van der Waals surface area contributed by atoms with Gasteiger partial charge in [0.05, 0.1) is 0 Å². The molecular weight excluding hydrogens is 131 g/mol. The van der Waals surface area contributed by atoms with Crippen molar-refractivity contribution in [3.8, 4) is 0 Å². The van der Waals surface area contributed by atoms with Gasteiger partial charge in [0.25, 0.3) is 0 Å². The van der Waals surface area contributed by atoms with Gasteiger partial charge in [-0.1, -0.05) is 0 Å². The van der Waals surface area contributed by atoms with Crippen molar-refractivity contribution in [3.63, 3.8) is 0 Å². The molecule has 0 saturated heterocycles. The maximum atomic E-state index is 10.5. The molecule has 0 unspecified atom stereocenters. The molecule has 0 radical (unpaired) electrons. The Kier molecular flexibility index (Phi) is 2.29. The zero-order chi connectivity index (χ0) is 5.45. The number of hydrogen-bond donors (Lipinski definition) is 4. The van der Waals surface area contributed by atoms with E-state index in [9.17, 15) is 8.39 Å².